The van der Waals surface area contributed by atoms with E-state index >= 15 is 0 Å². The van der Waals surface area contributed by atoms with E-state index in [1.54, 1.807) is 0 Å². The zero-order chi connectivity index (χ0) is 12.0. The van der Waals surface area contributed by atoms with Gasteiger partial charge < -0.3 is 4.74 Å². The molecule has 3 aliphatic rings. The molecule has 1 N–H and O–H groups in total. The first-order valence-corrected chi connectivity index (χ1v) is 8.45. The Kier molecular flexibility index (Phi) is 2.76. The first kappa shape index (κ1) is 11.9. The lowest BCUT2D eigenvalue weighted by atomic mass is 9.73. The van der Waals surface area contributed by atoms with Crippen molar-refractivity contribution in [3.05, 3.63) is 0 Å². The summed E-state index contributed by atoms with van der Waals surface area (Å²) in [6.45, 7) is 1.68. The van der Waals surface area contributed by atoms with Gasteiger partial charge in [-0.25, -0.2) is 8.42 Å². The minimum Gasteiger partial charge on any atom is -0.359 e. The minimum absolute atomic E-state index is 0.163. The van der Waals surface area contributed by atoms with E-state index in [2.05, 4.69) is 5.32 Å². The van der Waals surface area contributed by atoms with Crippen LogP contribution in [0.15, 0.2) is 0 Å². The lowest BCUT2D eigenvalue weighted by Crippen LogP contribution is -2.60. The van der Waals surface area contributed by atoms with Crippen molar-refractivity contribution in [3.63, 3.8) is 0 Å². The molecule has 1 unspecified atom stereocenters. The van der Waals surface area contributed by atoms with E-state index in [0.29, 0.717) is 6.42 Å². The maximum atomic E-state index is 11.6. The summed E-state index contributed by atoms with van der Waals surface area (Å²) >= 11 is 0. The van der Waals surface area contributed by atoms with E-state index in [4.69, 9.17) is 4.74 Å². The van der Waals surface area contributed by atoms with Crippen molar-refractivity contribution in [3.8, 4) is 0 Å². The number of nitrogens with one attached hydrogen (secondary N) is 1. The number of rotatable bonds is 0. The second-order valence-electron chi connectivity index (χ2n) is 6.04. The van der Waals surface area contributed by atoms with Crippen LogP contribution in [-0.2, 0) is 14.6 Å². The average molecular weight is 259 g/mol. The van der Waals surface area contributed by atoms with Gasteiger partial charge in [-0.05, 0) is 12.8 Å². The predicted molar refractivity (Wildman–Crippen MR) is 65.5 cm³/mol. The van der Waals surface area contributed by atoms with Crippen LogP contribution in [0.3, 0.4) is 0 Å². The smallest absolute Gasteiger partial charge is 0.154 e. The van der Waals surface area contributed by atoms with Gasteiger partial charge in [-0.3, -0.25) is 5.32 Å². The van der Waals surface area contributed by atoms with Gasteiger partial charge >= 0.3 is 0 Å². The Hall–Kier alpha value is -0.130. The van der Waals surface area contributed by atoms with E-state index in [0.717, 1.165) is 13.2 Å². The summed E-state index contributed by atoms with van der Waals surface area (Å²) in [7, 11) is -2.88. The summed E-state index contributed by atoms with van der Waals surface area (Å²) in [5.41, 5.74) is -0.266. The fourth-order valence-electron chi connectivity index (χ4n) is 3.44. The summed E-state index contributed by atoms with van der Waals surface area (Å²) in [4.78, 5) is 0. The standard InChI is InChI=1S/C12H21NO3S/c14-17(15)7-6-12(10-17)13-8-11(9-16-12)4-2-1-3-5-11/h13H,1-10H2. The van der Waals surface area contributed by atoms with Gasteiger partial charge in [0, 0.05) is 18.4 Å². The van der Waals surface area contributed by atoms with Crippen LogP contribution >= 0.6 is 0 Å². The van der Waals surface area contributed by atoms with E-state index in [-0.39, 0.29) is 16.9 Å². The fourth-order valence-corrected chi connectivity index (χ4v) is 5.26. The summed E-state index contributed by atoms with van der Waals surface area (Å²) in [5, 5.41) is 3.41. The third-order valence-corrected chi connectivity index (χ3v) is 6.36. The number of ether oxygens (including phenoxy) is 1. The van der Waals surface area contributed by atoms with Crippen LogP contribution in [0.25, 0.3) is 0 Å². The first-order chi connectivity index (χ1) is 8.04. The van der Waals surface area contributed by atoms with Crippen LogP contribution in [0.2, 0.25) is 0 Å². The summed E-state index contributed by atoms with van der Waals surface area (Å²) in [6, 6.07) is 0. The van der Waals surface area contributed by atoms with Crippen LogP contribution in [0.1, 0.15) is 38.5 Å². The van der Waals surface area contributed by atoms with Crippen LogP contribution < -0.4 is 5.32 Å². The van der Waals surface area contributed by atoms with Crippen molar-refractivity contribution < 1.29 is 13.2 Å². The molecule has 0 aromatic heterocycles. The van der Waals surface area contributed by atoms with E-state index < -0.39 is 15.6 Å². The Morgan fingerprint density at radius 3 is 2.35 bits per heavy atom. The normalized spacial score (nSPS) is 39.8. The molecule has 1 aliphatic carbocycles. The lowest BCUT2D eigenvalue weighted by Gasteiger charge is -2.47. The quantitative estimate of drug-likeness (QED) is 0.707. The molecule has 98 valence electrons. The maximum Gasteiger partial charge on any atom is 0.154 e. The Balaban J connectivity index is 1.68. The second kappa shape index (κ2) is 3.93. The largest absolute Gasteiger partial charge is 0.359 e. The predicted octanol–water partition coefficient (Wildman–Crippen LogP) is 1.07. The molecule has 2 heterocycles. The van der Waals surface area contributed by atoms with Gasteiger partial charge in [0.15, 0.2) is 9.84 Å². The molecule has 0 amide bonds. The molecule has 1 saturated carbocycles. The topological polar surface area (TPSA) is 55.4 Å². The SMILES string of the molecule is O=S1(=O)CCC2(C1)NCC1(CCCCC1)CO2. The van der Waals surface area contributed by atoms with Gasteiger partial charge in [-0.2, -0.15) is 0 Å². The Labute approximate surface area is 103 Å². The van der Waals surface area contributed by atoms with Crippen LogP contribution in [0.4, 0.5) is 0 Å². The van der Waals surface area contributed by atoms with Gasteiger partial charge in [0.1, 0.15) is 5.72 Å². The molecular formula is C12H21NO3S. The van der Waals surface area contributed by atoms with Gasteiger partial charge in [0.05, 0.1) is 18.1 Å². The maximum absolute atomic E-state index is 11.6. The molecular weight excluding hydrogens is 238 g/mol. The zero-order valence-electron chi connectivity index (χ0n) is 10.2. The molecule has 0 bridgehead atoms. The molecule has 0 radical (unpaired) electrons. The third kappa shape index (κ3) is 2.25. The van der Waals surface area contributed by atoms with Crippen molar-refractivity contribution in [2.45, 2.75) is 44.2 Å². The molecule has 3 rings (SSSR count). The van der Waals surface area contributed by atoms with Gasteiger partial charge in [-0.1, -0.05) is 19.3 Å². The molecule has 1 atom stereocenters. The molecule has 2 saturated heterocycles. The van der Waals surface area contributed by atoms with E-state index in [1.165, 1.54) is 32.1 Å². The molecule has 17 heavy (non-hydrogen) atoms. The molecule has 3 fully saturated rings. The highest BCUT2D eigenvalue weighted by molar-refractivity contribution is 7.91. The molecule has 4 nitrogen and oxygen atoms in total. The fraction of sp³-hybridized carbons (Fsp3) is 1.00. The zero-order valence-corrected chi connectivity index (χ0v) is 11.0. The first-order valence-electron chi connectivity index (χ1n) is 6.63. The summed E-state index contributed by atoms with van der Waals surface area (Å²) < 4.78 is 29.1. The van der Waals surface area contributed by atoms with Crippen LogP contribution in [0.5, 0.6) is 0 Å². The van der Waals surface area contributed by atoms with Gasteiger partial charge in [0.2, 0.25) is 0 Å². The highest BCUT2D eigenvalue weighted by Crippen LogP contribution is 2.41. The molecule has 5 heteroatoms. The minimum atomic E-state index is -2.88. The van der Waals surface area contributed by atoms with Crippen LogP contribution in [0, 0.1) is 5.41 Å². The summed E-state index contributed by atoms with van der Waals surface area (Å²) in [6.07, 6.45) is 6.98. The Morgan fingerprint density at radius 1 is 1.06 bits per heavy atom. The Bertz CT molecular complexity index is 388. The molecule has 0 aromatic carbocycles. The van der Waals surface area contributed by atoms with Crippen LogP contribution in [-0.4, -0.2) is 38.8 Å². The highest BCUT2D eigenvalue weighted by Gasteiger charge is 2.49. The van der Waals surface area contributed by atoms with E-state index in [9.17, 15) is 8.42 Å². The van der Waals surface area contributed by atoms with Crippen molar-refractivity contribution in [2.24, 2.45) is 5.41 Å². The van der Waals surface area contributed by atoms with Gasteiger partial charge in [-0.15, -0.1) is 0 Å². The van der Waals surface area contributed by atoms with Gasteiger partial charge in [0.25, 0.3) is 0 Å². The average Bonchev–Trinajstić information content (AvgIpc) is 2.62. The van der Waals surface area contributed by atoms with Crippen molar-refractivity contribution in [1.82, 2.24) is 5.32 Å². The van der Waals surface area contributed by atoms with Crippen molar-refractivity contribution in [2.75, 3.05) is 24.7 Å². The third-order valence-electron chi connectivity index (χ3n) is 4.62. The summed E-state index contributed by atoms with van der Waals surface area (Å²) in [5.74, 6) is 0.434. The lowest BCUT2D eigenvalue weighted by molar-refractivity contribution is -0.139. The monoisotopic (exact) mass is 259 g/mol. The second-order valence-corrected chi connectivity index (χ2v) is 8.22. The van der Waals surface area contributed by atoms with Crippen molar-refractivity contribution in [1.29, 1.82) is 0 Å². The number of hydrogen-bond donors (Lipinski definition) is 1. The molecule has 2 spiro atoms. The Morgan fingerprint density at radius 2 is 1.82 bits per heavy atom. The molecule has 2 aliphatic heterocycles. The molecule has 0 aromatic rings. The van der Waals surface area contributed by atoms with Crippen molar-refractivity contribution >= 4 is 9.84 Å². The number of hydrogen-bond acceptors (Lipinski definition) is 4. The van der Waals surface area contributed by atoms with E-state index in [1.807, 2.05) is 0 Å². The highest BCUT2D eigenvalue weighted by atomic mass is 32.2. The number of sulfone groups is 1.